The molecule has 2 unspecified atom stereocenters. The van der Waals surface area contributed by atoms with Crippen molar-refractivity contribution in [1.82, 2.24) is 14.6 Å². The molecule has 0 saturated carbocycles. The average Bonchev–Trinajstić information content (AvgIpc) is 2.68. The van der Waals surface area contributed by atoms with Crippen molar-refractivity contribution in [3.8, 4) is 0 Å². The summed E-state index contributed by atoms with van der Waals surface area (Å²) in [7, 11) is -3.54. The number of nitrogens with one attached hydrogen (secondary N) is 1. The maximum Gasteiger partial charge on any atom is 0.243 e. The summed E-state index contributed by atoms with van der Waals surface area (Å²) < 4.78 is 28.0. The number of piperazine rings is 1. The molecule has 1 fully saturated rings. The summed E-state index contributed by atoms with van der Waals surface area (Å²) in [6, 6.07) is 10.9. The highest BCUT2D eigenvalue weighted by Gasteiger charge is 2.34. The van der Waals surface area contributed by atoms with Crippen LogP contribution in [0.4, 0.5) is 0 Å². The zero-order valence-electron chi connectivity index (χ0n) is 15.1. The third kappa shape index (κ3) is 4.26. The Hall–Kier alpha value is -1.47. The third-order valence-corrected chi connectivity index (χ3v) is 6.85. The molecule has 0 bridgehead atoms. The Labute approximate surface area is 162 Å². The second kappa shape index (κ2) is 8.95. The van der Waals surface area contributed by atoms with Crippen molar-refractivity contribution in [3.05, 3.63) is 59.9 Å². The predicted molar refractivity (Wildman–Crippen MR) is 106 cm³/mol. The predicted octanol–water partition coefficient (Wildman–Crippen LogP) is 3.35. The highest BCUT2D eigenvalue weighted by molar-refractivity contribution is 7.89. The number of halogens is 1. The first-order valence-electron chi connectivity index (χ1n) is 8.76. The van der Waals surface area contributed by atoms with E-state index in [1.165, 1.54) is 5.56 Å². The Bertz CT molecular complexity index is 797. The zero-order valence-corrected chi connectivity index (χ0v) is 16.8. The Kier molecular flexibility index (Phi) is 7.17. The van der Waals surface area contributed by atoms with Crippen molar-refractivity contribution in [2.75, 3.05) is 19.6 Å². The van der Waals surface area contributed by atoms with Crippen LogP contribution in [0.25, 0.3) is 0 Å². The maximum absolute atomic E-state index is 13.2. The lowest BCUT2D eigenvalue weighted by molar-refractivity contribution is 0.271. The van der Waals surface area contributed by atoms with Crippen LogP contribution in [-0.2, 0) is 10.0 Å². The first-order chi connectivity index (χ1) is 12.0. The summed E-state index contributed by atoms with van der Waals surface area (Å²) in [5.41, 5.74) is 2.08. The average molecular weight is 396 g/mol. The molecule has 1 N–H and O–H groups in total. The number of aromatic nitrogens is 1. The Morgan fingerprint density at radius 1 is 1.27 bits per heavy atom. The lowest BCUT2D eigenvalue weighted by atomic mass is 9.99. The van der Waals surface area contributed by atoms with Gasteiger partial charge >= 0.3 is 0 Å². The number of nitrogens with zero attached hydrogens (tertiary/aromatic N) is 2. The fourth-order valence-electron chi connectivity index (χ4n) is 3.17. The van der Waals surface area contributed by atoms with Crippen LogP contribution in [0.2, 0.25) is 0 Å². The molecule has 7 heteroatoms. The van der Waals surface area contributed by atoms with E-state index in [-0.39, 0.29) is 18.4 Å². The van der Waals surface area contributed by atoms with Crippen molar-refractivity contribution >= 4 is 22.4 Å². The van der Waals surface area contributed by atoms with E-state index >= 15 is 0 Å². The normalized spacial score (nSPS) is 19.5. The first kappa shape index (κ1) is 20.8. The fourth-order valence-corrected chi connectivity index (χ4v) is 4.78. The second-order valence-electron chi connectivity index (χ2n) is 6.50. The zero-order chi connectivity index (χ0) is 17.9. The Morgan fingerprint density at radius 2 is 2.00 bits per heavy atom. The highest BCUT2D eigenvalue weighted by atomic mass is 35.5. The van der Waals surface area contributed by atoms with Crippen molar-refractivity contribution in [2.45, 2.75) is 37.1 Å². The molecule has 0 aliphatic carbocycles. The minimum atomic E-state index is -3.54. The molecule has 2 aromatic rings. The fraction of sp³-hybridized carbons (Fsp3) is 0.421. The van der Waals surface area contributed by atoms with E-state index in [9.17, 15) is 8.42 Å². The molecule has 1 aliphatic rings. The quantitative estimate of drug-likeness (QED) is 0.843. The molecule has 2 heterocycles. The van der Waals surface area contributed by atoms with E-state index in [0.717, 1.165) is 12.0 Å². The topological polar surface area (TPSA) is 62.3 Å². The summed E-state index contributed by atoms with van der Waals surface area (Å²) in [5, 5.41) is 3.28. The van der Waals surface area contributed by atoms with Crippen LogP contribution < -0.4 is 5.32 Å². The number of benzene rings is 1. The van der Waals surface area contributed by atoms with Crippen LogP contribution >= 0.6 is 12.4 Å². The summed E-state index contributed by atoms with van der Waals surface area (Å²) >= 11 is 0. The number of sulfonamides is 1. The van der Waals surface area contributed by atoms with Crippen molar-refractivity contribution in [3.63, 3.8) is 0 Å². The van der Waals surface area contributed by atoms with Gasteiger partial charge in [0.2, 0.25) is 10.0 Å². The van der Waals surface area contributed by atoms with Crippen LogP contribution in [0.15, 0.2) is 53.7 Å². The largest absolute Gasteiger partial charge is 0.313 e. The number of hydrogen-bond donors (Lipinski definition) is 1. The van der Waals surface area contributed by atoms with E-state index in [2.05, 4.69) is 24.1 Å². The number of rotatable bonds is 5. The molecule has 0 amide bonds. The van der Waals surface area contributed by atoms with Gasteiger partial charge in [-0.15, -0.1) is 12.4 Å². The molecule has 5 nitrogen and oxygen atoms in total. The molecule has 26 heavy (non-hydrogen) atoms. The molecule has 2 atom stereocenters. The lowest BCUT2D eigenvalue weighted by Crippen LogP contribution is -2.48. The standard InChI is InChI=1S/C19H25N3O2S.ClH/c1-3-15(2)16-6-8-18(9-7-16)25(23,24)22-12-11-21-14-19(22)17-5-4-10-20-13-17;/h4-10,13,15,19,21H,3,11-12,14H2,1-2H3;1H. The summed E-state index contributed by atoms with van der Waals surface area (Å²) in [4.78, 5) is 4.50. The van der Waals surface area contributed by atoms with E-state index < -0.39 is 10.0 Å². The smallest absolute Gasteiger partial charge is 0.243 e. The van der Waals surface area contributed by atoms with E-state index in [1.807, 2.05) is 24.3 Å². The molecule has 1 aromatic heterocycles. The highest BCUT2D eigenvalue weighted by Crippen LogP contribution is 2.29. The molecular weight excluding hydrogens is 370 g/mol. The minimum absolute atomic E-state index is 0. The van der Waals surface area contributed by atoms with Crippen LogP contribution in [-0.4, -0.2) is 37.3 Å². The SMILES string of the molecule is CCC(C)c1ccc(S(=O)(=O)N2CCNCC2c2cccnc2)cc1.Cl. The van der Waals surface area contributed by atoms with Crippen molar-refractivity contribution in [2.24, 2.45) is 0 Å². The van der Waals surface area contributed by atoms with E-state index in [4.69, 9.17) is 0 Å². The van der Waals surface area contributed by atoms with Gasteiger partial charge in [-0.25, -0.2) is 8.42 Å². The van der Waals surface area contributed by atoms with Gasteiger partial charge < -0.3 is 5.32 Å². The summed E-state index contributed by atoms with van der Waals surface area (Å²) in [6.45, 7) is 5.98. The van der Waals surface area contributed by atoms with Crippen LogP contribution in [0.3, 0.4) is 0 Å². The first-order valence-corrected chi connectivity index (χ1v) is 10.2. The lowest BCUT2D eigenvalue weighted by Gasteiger charge is -2.35. The van der Waals surface area contributed by atoms with Crippen LogP contribution in [0.5, 0.6) is 0 Å². The van der Waals surface area contributed by atoms with Gasteiger partial charge in [0.1, 0.15) is 0 Å². The van der Waals surface area contributed by atoms with E-state index in [1.54, 1.807) is 28.8 Å². The number of hydrogen-bond acceptors (Lipinski definition) is 4. The van der Waals surface area contributed by atoms with Crippen molar-refractivity contribution in [1.29, 1.82) is 0 Å². The van der Waals surface area contributed by atoms with Gasteiger partial charge in [0.15, 0.2) is 0 Å². The Morgan fingerprint density at radius 3 is 2.62 bits per heavy atom. The monoisotopic (exact) mass is 395 g/mol. The molecule has 1 aliphatic heterocycles. The number of pyridine rings is 1. The van der Waals surface area contributed by atoms with Crippen LogP contribution in [0, 0.1) is 0 Å². The van der Waals surface area contributed by atoms with Gasteiger partial charge in [0, 0.05) is 32.0 Å². The van der Waals surface area contributed by atoms with E-state index in [0.29, 0.717) is 30.4 Å². The molecule has 1 saturated heterocycles. The third-order valence-electron chi connectivity index (χ3n) is 4.93. The van der Waals surface area contributed by atoms with Gasteiger partial charge in [0.05, 0.1) is 10.9 Å². The Balaban J connectivity index is 0.00000243. The molecule has 0 radical (unpaired) electrons. The maximum atomic E-state index is 13.2. The summed E-state index contributed by atoms with van der Waals surface area (Å²) in [6.07, 6.45) is 4.48. The molecule has 142 valence electrons. The van der Waals surface area contributed by atoms with Gasteiger partial charge in [-0.2, -0.15) is 4.31 Å². The van der Waals surface area contributed by atoms with Gasteiger partial charge in [0.25, 0.3) is 0 Å². The van der Waals surface area contributed by atoms with Gasteiger partial charge in [-0.05, 0) is 41.7 Å². The van der Waals surface area contributed by atoms with Gasteiger partial charge in [-0.1, -0.05) is 32.0 Å². The van der Waals surface area contributed by atoms with Crippen LogP contribution in [0.1, 0.15) is 43.4 Å². The minimum Gasteiger partial charge on any atom is -0.313 e. The van der Waals surface area contributed by atoms with Crippen molar-refractivity contribution < 1.29 is 8.42 Å². The molecule has 1 aromatic carbocycles. The van der Waals surface area contributed by atoms with Gasteiger partial charge in [-0.3, -0.25) is 4.98 Å². The molecule has 3 rings (SSSR count). The second-order valence-corrected chi connectivity index (χ2v) is 8.39. The molecular formula is C19H26ClN3O2S. The molecule has 0 spiro atoms. The summed E-state index contributed by atoms with van der Waals surface area (Å²) in [5.74, 6) is 0.430.